The molecule has 4 rings (SSSR count). The van der Waals surface area contributed by atoms with Crippen molar-refractivity contribution in [3.05, 3.63) is 77.0 Å². The van der Waals surface area contributed by atoms with Gasteiger partial charge in [-0.05, 0) is 50.1 Å². The molecule has 2 aliphatic rings. The summed E-state index contributed by atoms with van der Waals surface area (Å²) in [5, 5.41) is 3.00. The number of amides is 3. The molecular weight excluding hydrogens is 484 g/mol. The molecule has 38 heavy (non-hydrogen) atoms. The van der Waals surface area contributed by atoms with Gasteiger partial charge in [-0.25, -0.2) is 9.59 Å². The van der Waals surface area contributed by atoms with E-state index in [1.807, 2.05) is 66.4 Å². The molecule has 0 saturated carbocycles. The van der Waals surface area contributed by atoms with Crippen LogP contribution in [-0.4, -0.2) is 85.6 Å². The largest absolute Gasteiger partial charge is 0.497 e. The van der Waals surface area contributed by atoms with Crippen LogP contribution in [0.3, 0.4) is 0 Å². The molecule has 0 spiro atoms. The number of carbonyl (C=O) groups excluding carboxylic acids is 3. The highest BCUT2D eigenvalue weighted by atomic mass is 16.5. The number of benzene rings is 2. The van der Waals surface area contributed by atoms with Gasteiger partial charge in [0.2, 0.25) is 0 Å². The lowest BCUT2D eigenvalue weighted by Gasteiger charge is -2.38. The Hall–Kier alpha value is -3.85. The molecule has 2 heterocycles. The van der Waals surface area contributed by atoms with E-state index < -0.39 is 12.0 Å². The topological polar surface area (TPSA) is 91.4 Å². The highest BCUT2D eigenvalue weighted by Crippen LogP contribution is 2.33. The highest BCUT2D eigenvalue weighted by molar-refractivity contribution is 5.95. The zero-order valence-electron chi connectivity index (χ0n) is 22.3. The van der Waals surface area contributed by atoms with Gasteiger partial charge in [0.1, 0.15) is 5.75 Å². The lowest BCUT2D eigenvalue weighted by molar-refractivity contribution is -0.139. The Morgan fingerprint density at radius 1 is 0.974 bits per heavy atom. The van der Waals surface area contributed by atoms with Crippen LogP contribution in [0.5, 0.6) is 5.75 Å². The first-order valence-electron chi connectivity index (χ1n) is 13.2. The number of likely N-dealkylation sites (N-methyl/N-ethyl adjacent to an activating group) is 1. The molecule has 0 aromatic heterocycles. The molecule has 0 bridgehead atoms. The molecule has 9 nitrogen and oxygen atoms in total. The standard InChI is InChI=1S/C29H36N4O5/c1-4-33-24(20-31-16-9-17-32(19-18-31)27(34)22-10-7-6-8-11-22)25(28(35)38-5-2)26(30-29(33)36)21-12-14-23(37-3)15-13-21/h6-8,10-15,26H,4-5,9,16-20H2,1-3H3,(H,30,36). The predicted octanol–water partition coefficient (Wildman–Crippen LogP) is 3.45. The maximum absolute atomic E-state index is 13.3. The van der Waals surface area contributed by atoms with Crippen molar-refractivity contribution in [2.45, 2.75) is 26.3 Å². The average molecular weight is 521 g/mol. The number of hydrogen-bond donors (Lipinski definition) is 1. The summed E-state index contributed by atoms with van der Waals surface area (Å²) >= 11 is 0. The molecule has 2 aromatic rings. The summed E-state index contributed by atoms with van der Waals surface area (Å²) in [4.78, 5) is 45.3. The van der Waals surface area contributed by atoms with Gasteiger partial charge in [-0.2, -0.15) is 0 Å². The molecule has 0 radical (unpaired) electrons. The number of nitrogens with one attached hydrogen (secondary N) is 1. The highest BCUT2D eigenvalue weighted by Gasteiger charge is 2.38. The average Bonchev–Trinajstić information content (AvgIpc) is 3.18. The van der Waals surface area contributed by atoms with E-state index in [1.165, 1.54) is 0 Å². The quantitative estimate of drug-likeness (QED) is 0.536. The van der Waals surface area contributed by atoms with Gasteiger partial charge in [0, 0.05) is 50.5 Å². The Labute approximate surface area is 224 Å². The zero-order valence-corrected chi connectivity index (χ0v) is 22.3. The van der Waals surface area contributed by atoms with Crippen molar-refractivity contribution in [1.29, 1.82) is 0 Å². The summed E-state index contributed by atoms with van der Waals surface area (Å²) in [6.45, 7) is 7.28. The van der Waals surface area contributed by atoms with E-state index in [2.05, 4.69) is 10.2 Å². The molecule has 1 unspecified atom stereocenters. The molecule has 0 aliphatic carbocycles. The first-order valence-corrected chi connectivity index (χ1v) is 13.2. The summed E-state index contributed by atoms with van der Waals surface area (Å²) in [5.74, 6) is 0.260. The molecule has 1 N–H and O–H groups in total. The van der Waals surface area contributed by atoms with Crippen LogP contribution in [0.15, 0.2) is 65.9 Å². The minimum Gasteiger partial charge on any atom is -0.497 e. The Kier molecular flexibility index (Phi) is 9.02. The van der Waals surface area contributed by atoms with E-state index in [0.717, 1.165) is 18.5 Å². The fraction of sp³-hybridized carbons (Fsp3) is 0.414. The van der Waals surface area contributed by atoms with Gasteiger partial charge in [-0.3, -0.25) is 14.6 Å². The predicted molar refractivity (Wildman–Crippen MR) is 144 cm³/mol. The minimum absolute atomic E-state index is 0.0191. The summed E-state index contributed by atoms with van der Waals surface area (Å²) in [5.41, 5.74) is 2.51. The number of nitrogens with zero attached hydrogens (tertiary/aromatic N) is 3. The lowest BCUT2D eigenvalue weighted by Crippen LogP contribution is -2.51. The van der Waals surface area contributed by atoms with Crippen molar-refractivity contribution in [3.63, 3.8) is 0 Å². The maximum atomic E-state index is 13.3. The molecule has 1 saturated heterocycles. The Balaban J connectivity index is 1.62. The molecule has 9 heteroatoms. The van der Waals surface area contributed by atoms with Gasteiger partial charge < -0.3 is 19.7 Å². The van der Waals surface area contributed by atoms with E-state index in [1.54, 1.807) is 18.9 Å². The molecular formula is C29H36N4O5. The summed E-state index contributed by atoms with van der Waals surface area (Å²) in [6, 6.07) is 15.7. The monoisotopic (exact) mass is 520 g/mol. The van der Waals surface area contributed by atoms with Crippen molar-refractivity contribution in [1.82, 2.24) is 20.0 Å². The van der Waals surface area contributed by atoms with Gasteiger partial charge in [0.05, 0.1) is 25.3 Å². The van der Waals surface area contributed by atoms with Gasteiger partial charge in [-0.15, -0.1) is 0 Å². The molecule has 2 aliphatic heterocycles. The number of esters is 1. The Morgan fingerprint density at radius 3 is 2.37 bits per heavy atom. The van der Waals surface area contributed by atoms with E-state index in [-0.39, 0.29) is 18.5 Å². The SMILES string of the molecule is CCOC(=O)C1=C(CN2CCCN(C(=O)c3ccccc3)CC2)N(CC)C(=O)NC1c1ccc(OC)cc1. The van der Waals surface area contributed by atoms with Crippen LogP contribution in [0.4, 0.5) is 4.79 Å². The lowest BCUT2D eigenvalue weighted by atomic mass is 9.94. The van der Waals surface area contributed by atoms with Crippen LogP contribution < -0.4 is 10.1 Å². The van der Waals surface area contributed by atoms with Crippen molar-refractivity contribution < 1.29 is 23.9 Å². The minimum atomic E-state index is -0.645. The van der Waals surface area contributed by atoms with Gasteiger partial charge >= 0.3 is 12.0 Å². The van der Waals surface area contributed by atoms with Crippen molar-refractivity contribution >= 4 is 17.9 Å². The maximum Gasteiger partial charge on any atom is 0.338 e. The number of ether oxygens (including phenoxy) is 2. The van der Waals surface area contributed by atoms with Crippen LogP contribution in [0.2, 0.25) is 0 Å². The second kappa shape index (κ2) is 12.6. The molecule has 2 aromatic carbocycles. The zero-order chi connectivity index (χ0) is 27.1. The number of methoxy groups -OCH3 is 1. The van der Waals surface area contributed by atoms with Crippen LogP contribution in [0, 0.1) is 0 Å². The number of hydrogen-bond acceptors (Lipinski definition) is 6. The molecule has 1 atom stereocenters. The van der Waals surface area contributed by atoms with E-state index >= 15 is 0 Å². The van der Waals surface area contributed by atoms with Crippen LogP contribution >= 0.6 is 0 Å². The van der Waals surface area contributed by atoms with Crippen molar-refractivity contribution in [2.75, 3.05) is 53.0 Å². The second-order valence-electron chi connectivity index (χ2n) is 9.27. The van der Waals surface area contributed by atoms with Gasteiger partial charge in [0.15, 0.2) is 0 Å². The van der Waals surface area contributed by atoms with Crippen LogP contribution in [0.25, 0.3) is 0 Å². The third kappa shape index (κ3) is 5.99. The Morgan fingerprint density at radius 2 is 1.71 bits per heavy atom. The number of carbonyl (C=O) groups is 3. The summed E-state index contributed by atoms with van der Waals surface area (Å²) < 4.78 is 10.8. The number of rotatable bonds is 8. The number of urea groups is 1. The fourth-order valence-electron chi connectivity index (χ4n) is 5.01. The van der Waals surface area contributed by atoms with E-state index in [4.69, 9.17) is 9.47 Å². The first-order chi connectivity index (χ1) is 18.5. The third-order valence-electron chi connectivity index (χ3n) is 6.97. The van der Waals surface area contributed by atoms with Crippen molar-refractivity contribution in [2.24, 2.45) is 0 Å². The third-order valence-corrected chi connectivity index (χ3v) is 6.97. The van der Waals surface area contributed by atoms with Crippen molar-refractivity contribution in [3.8, 4) is 5.75 Å². The molecule has 202 valence electrons. The Bertz CT molecular complexity index is 1170. The van der Waals surface area contributed by atoms with Crippen LogP contribution in [0.1, 0.15) is 42.2 Å². The normalized spacial score (nSPS) is 18.6. The smallest absolute Gasteiger partial charge is 0.338 e. The van der Waals surface area contributed by atoms with Gasteiger partial charge in [0.25, 0.3) is 5.91 Å². The van der Waals surface area contributed by atoms with Gasteiger partial charge in [-0.1, -0.05) is 30.3 Å². The molecule has 1 fully saturated rings. The molecule has 3 amide bonds. The van der Waals surface area contributed by atoms with E-state index in [0.29, 0.717) is 55.3 Å². The summed E-state index contributed by atoms with van der Waals surface area (Å²) in [6.07, 6.45) is 0.792. The van der Waals surface area contributed by atoms with Crippen LogP contribution in [-0.2, 0) is 9.53 Å². The first kappa shape index (κ1) is 27.2. The van der Waals surface area contributed by atoms with E-state index in [9.17, 15) is 14.4 Å². The fourth-order valence-corrected chi connectivity index (χ4v) is 5.01. The summed E-state index contributed by atoms with van der Waals surface area (Å²) in [7, 11) is 1.59. The second-order valence-corrected chi connectivity index (χ2v) is 9.27.